The van der Waals surface area contributed by atoms with E-state index in [1.54, 1.807) is 0 Å². The second kappa shape index (κ2) is 7.02. The molecular weight excluding hydrogens is 413 g/mol. The molecule has 4 aromatic rings. The van der Waals surface area contributed by atoms with Gasteiger partial charge in [0.2, 0.25) is 0 Å². The number of rotatable bonds is 4. The largest absolute Gasteiger partial charge is 0.416 e. The summed E-state index contributed by atoms with van der Waals surface area (Å²) < 4.78 is 42.3. The van der Waals surface area contributed by atoms with Crippen LogP contribution in [0.5, 0.6) is 0 Å². The summed E-state index contributed by atoms with van der Waals surface area (Å²) >= 11 is 2.83. The van der Waals surface area contributed by atoms with E-state index in [9.17, 15) is 18.0 Å². The van der Waals surface area contributed by atoms with Crippen molar-refractivity contribution in [2.75, 3.05) is 6.26 Å². The second-order valence-corrected chi connectivity index (χ2v) is 7.80. The van der Waals surface area contributed by atoms with Gasteiger partial charge in [0.05, 0.1) is 24.0 Å². The molecular formula is C16H11F3N6OS2. The maximum atomic E-state index is 13.0. The van der Waals surface area contributed by atoms with Gasteiger partial charge >= 0.3 is 6.18 Å². The van der Waals surface area contributed by atoms with E-state index >= 15 is 0 Å². The van der Waals surface area contributed by atoms with Gasteiger partial charge in [0.25, 0.3) is 5.56 Å². The Labute approximate surface area is 163 Å². The summed E-state index contributed by atoms with van der Waals surface area (Å²) in [7, 11) is 0. The molecule has 12 heteroatoms. The van der Waals surface area contributed by atoms with Gasteiger partial charge in [0, 0.05) is 0 Å². The van der Waals surface area contributed by atoms with Crippen LogP contribution in [0, 0.1) is 0 Å². The van der Waals surface area contributed by atoms with Gasteiger partial charge in [-0.25, -0.2) is 9.67 Å². The van der Waals surface area contributed by atoms with Gasteiger partial charge in [0.15, 0.2) is 9.99 Å². The van der Waals surface area contributed by atoms with Gasteiger partial charge in [0.1, 0.15) is 16.7 Å². The Morgan fingerprint density at radius 2 is 2.07 bits per heavy atom. The third kappa shape index (κ3) is 3.40. The van der Waals surface area contributed by atoms with Crippen molar-refractivity contribution < 1.29 is 13.2 Å². The lowest BCUT2D eigenvalue weighted by atomic mass is 10.2. The average Bonchev–Trinajstić information content (AvgIpc) is 3.30. The molecule has 0 radical (unpaired) electrons. The van der Waals surface area contributed by atoms with Crippen molar-refractivity contribution >= 4 is 34.1 Å². The number of aromatic nitrogens is 6. The summed E-state index contributed by atoms with van der Waals surface area (Å²) in [6.07, 6.45) is 0.0359. The predicted molar refractivity (Wildman–Crippen MR) is 98.9 cm³/mol. The molecule has 4 rings (SSSR count). The highest BCUT2D eigenvalue weighted by atomic mass is 32.2. The van der Waals surface area contributed by atoms with Gasteiger partial charge in [-0.2, -0.15) is 18.3 Å². The molecule has 0 fully saturated rings. The zero-order valence-electron chi connectivity index (χ0n) is 14.2. The van der Waals surface area contributed by atoms with Gasteiger partial charge in [-0.15, -0.1) is 10.2 Å². The lowest BCUT2D eigenvalue weighted by molar-refractivity contribution is -0.137. The fourth-order valence-electron chi connectivity index (χ4n) is 2.59. The van der Waals surface area contributed by atoms with Crippen molar-refractivity contribution in [1.82, 2.24) is 29.5 Å². The molecule has 0 spiro atoms. The lowest BCUT2D eigenvalue weighted by Gasteiger charge is -2.09. The number of thioether (sulfide) groups is 1. The predicted octanol–water partition coefficient (Wildman–Crippen LogP) is 3.22. The van der Waals surface area contributed by atoms with Crippen molar-refractivity contribution in [3.63, 3.8) is 0 Å². The molecule has 28 heavy (non-hydrogen) atoms. The topological polar surface area (TPSA) is 78.5 Å². The number of halogens is 3. The minimum Gasteiger partial charge on any atom is -0.292 e. The minimum atomic E-state index is -4.48. The van der Waals surface area contributed by atoms with E-state index in [-0.39, 0.29) is 28.8 Å². The Balaban J connectivity index is 1.74. The molecule has 0 unspecified atom stereocenters. The van der Waals surface area contributed by atoms with Crippen LogP contribution in [0.3, 0.4) is 0 Å². The third-order valence-electron chi connectivity index (χ3n) is 3.90. The molecule has 0 aliphatic heterocycles. The highest BCUT2D eigenvalue weighted by Gasteiger charge is 2.30. The summed E-state index contributed by atoms with van der Waals surface area (Å²) in [4.78, 5) is 16.9. The van der Waals surface area contributed by atoms with E-state index < -0.39 is 11.7 Å². The summed E-state index contributed by atoms with van der Waals surface area (Å²) in [6.45, 7) is 0.203. The van der Waals surface area contributed by atoms with Gasteiger partial charge < -0.3 is 0 Å². The molecule has 0 aliphatic carbocycles. The Bertz CT molecular complexity index is 1210. The molecule has 3 aromatic heterocycles. The zero-order chi connectivity index (χ0) is 19.9. The highest BCUT2D eigenvalue weighted by Crippen LogP contribution is 2.30. The number of nitrogens with zero attached hydrogens (tertiary/aromatic N) is 6. The zero-order valence-corrected chi connectivity index (χ0v) is 15.8. The Morgan fingerprint density at radius 1 is 1.25 bits per heavy atom. The monoisotopic (exact) mass is 424 g/mol. The molecule has 0 saturated heterocycles. The van der Waals surface area contributed by atoms with Crippen molar-refractivity contribution in [2.24, 2.45) is 0 Å². The van der Waals surface area contributed by atoms with Crippen LogP contribution in [0.25, 0.3) is 16.7 Å². The molecule has 0 amide bonds. The van der Waals surface area contributed by atoms with E-state index in [1.807, 2.05) is 6.26 Å². The van der Waals surface area contributed by atoms with Crippen LogP contribution in [0.15, 0.2) is 45.9 Å². The van der Waals surface area contributed by atoms with Gasteiger partial charge in [-0.1, -0.05) is 29.2 Å². The van der Waals surface area contributed by atoms with Crippen LogP contribution in [-0.4, -0.2) is 35.8 Å². The number of hydrogen-bond acceptors (Lipinski definition) is 7. The average molecular weight is 424 g/mol. The molecule has 3 heterocycles. The molecule has 0 bridgehead atoms. The first kappa shape index (κ1) is 18.6. The van der Waals surface area contributed by atoms with E-state index in [4.69, 9.17) is 0 Å². The molecule has 1 aromatic carbocycles. The molecule has 0 N–H and O–H groups in total. The van der Waals surface area contributed by atoms with Crippen LogP contribution in [0.1, 0.15) is 10.6 Å². The first-order valence-electron chi connectivity index (χ1n) is 7.84. The smallest absolute Gasteiger partial charge is 0.292 e. The van der Waals surface area contributed by atoms with Crippen molar-refractivity contribution in [1.29, 1.82) is 0 Å². The Morgan fingerprint density at radius 3 is 2.79 bits per heavy atom. The third-order valence-corrected chi connectivity index (χ3v) is 5.78. The molecule has 0 atom stereocenters. The van der Waals surface area contributed by atoms with Crippen LogP contribution in [0.4, 0.5) is 13.2 Å². The van der Waals surface area contributed by atoms with Gasteiger partial charge in [-0.05, 0) is 24.5 Å². The Kier molecular flexibility index (Phi) is 4.67. The van der Waals surface area contributed by atoms with Crippen LogP contribution < -0.4 is 5.56 Å². The SMILES string of the molecule is CSc1nnc(Cn2cnc3c(cnn3-c3cccc(C(F)(F)F)c3)c2=O)s1. The number of benzene rings is 1. The molecule has 144 valence electrons. The number of hydrogen-bond donors (Lipinski definition) is 0. The van der Waals surface area contributed by atoms with E-state index in [0.717, 1.165) is 16.5 Å². The van der Waals surface area contributed by atoms with Crippen molar-refractivity contribution in [2.45, 2.75) is 17.1 Å². The molecule has 0 saturated carbocycles. The fourth-order valence-corrected chi connectivity index (χ4v) is 3.91. The Hall–Kier alpha value is -2.73. The van der Waals surface area contributed by atoms with E-state index in [1.165, 1.54) is 57.0 Å². The molecule has 0 aliphatic rings. The summed E-state index contributed by atoms with van der Waals surface area (Å²) in [5.74, 6) is 0. The summed E-state index contributed by atoms with van der Waals surface area (Å²) in [5.41, 5.74) is -0.808. The van der Waals surface area contributed by atoms with E-state index in [0.29, 0.717) is 5.01 Å². The maximum absolute atomic E-state index is 13.0. The fraction of sp³-hybridized carbons (Fsp3) is 0.188. The minimum absolute atomic E-state index is 0.170. The van der Waals surface area contributed by atoms with Crippen LogP contribution in [0.2, 0.25) is 0 Å². The van der Waals surface area contributed by atoms with Crippen LogP contribution in [-0.2, 0) is 12.7 Å². The van der Waals surface area contributed by atoms with Crippen LogP contribution >= 0.6 is 23.1 Å². The standard InChI is InChI=1S/C16H11F3N6OS2/c1-27-15-23-22-12(28-15)7-24-8-20-13-11(14(24)26)6-21-25(13)10-4-2-3-9(5-10)16(17,18)19/h2-6,8H,7H2,1H3. The second-order valence-electron chi connectivity index (χ2n) is 5.69. The first-order valence-corrected chi connectivity index (χ1v) is 9.88. The normalized spacial score (nSPS) is 12.0. The number of alkyl halides is 3. The maximum Gasteiger partial charge on any atom is 0.416 e. The van der Waals surface area contributed by atoms with E-state index in [2.05, 4.69) is 20.3 Å². The van der Waals surface area contributed by atoms with Gasteiger partial charge in [-0.3, -0.25) is 9.36 Å². The summed E-state index contributed by atoms with van der Waals surface area (Å²) in [6, 6.07) is 4.69. The molecule has 7 nitrogen and oxygen atoms in total. The van der Waals surface area contributed by atoms with Crippen molar-refractivity contribution in [3.05, 3.63) is 57.7 Å². The lowest BCUT2D eigenvalue weighted by Crippen LogP contribution is -2.21. The summed E-state index contributed by atoms with van der Waals surface area (Å²) in [5, 5.41) is 12.9. The highest BCUT2D eigenvalue weighted by molar-refractivity contribution is 8.00. The quantitative estimate of drug-likeness (QED) is 0.468. The first-order chi connectivity index (χ1) is 13.4. The van der Waals surface area contributed by atoms with Crippen molar-refractivity contribution in [3.8, 4) is 5.69 Å². The number of fused-ring (bicyclic) bond motifs is 1.